The van der Waals surface area contributed by atoms with Crippen LogP contribution in [0.1, 0.15) is 18.1 Å². The Labute approximate surface area is 198 Å². The number of hydrogen-bond donors (Lipinski definition) is 0. The van der Waals surface area contributed by atoms with Gasteiger partial charge in [-0.3, -0.25) is 4.68 Å². The Morgan fingerprint density at radius 3 is 1.94 bits per heavy atom. The van der Waals surface area contributed by atoms with Crippen LogP contribution in [0.25, 0.3) is 22.5 Å². The van der Waals surface area contributed by atoms with Gasteiger partial charge in [-0.25, -0.2) is 0 Å². The van der Waals surface area contributed by atoms with Gasteiger partial charge in [-0.15, -0.1) is 0 Å². The maximum atomic E-state index is 6.49. The zero-order valence-electron chi connectivity index (χ0n) is 18.2. The summed E-state index contributed by atoms with van der Waals surface area (Å²) in [6.45, 7) is 2.68. The molecule has 0 atom stereocenters. The van der Waals surface area contributed by atoms with Crippen LogP contribution in [0.15, 0.2) is 66.7 Å². The van der Waals surface area contributed by atoms with Gasteiger partial charge >= 0.3 is 0 Å². The lowest BCUT2D eigenvalue weighted by Crippen LogP contribution is -2.05. The summed E-state index contributed by atoms with van der Waals surface area (Å²) in [5, 5.41) is 6.27. The van der Waals surface area contributed by atoms with E-state index in [-0.39, 0.29) is 0 Å². The Morgan fingerprint density at radius 2 is 1.41 bits per heavy atom. The first kappa shape index (κ1) is 22.3. The van der Waals surface area contributed by atoms with Gasteiger partial charge in [-0.1, -0.05) is 36.2 Å². The molecule has 0 saturated carbocycles. The topological polar surface area (TPSA) is 36.3 Å². The van der Waals surface area contributed by atoms with Crippen molar-refractivity contribution in [2.24, 2.45) is 0 Å². The lowest BCUT2D eigenvalue weighted by Gasteiger charge is -2.12. The molecule has 1 aromatic heterocycles. The Balaban J connectivity index is 1.87. The van der Waals surface area contributed by atoms with E-state index in [1.807, 2.05) is 53.2 Å². The molecule has 0 fully saturated rings. The fourth-order valence-corrected chi connectivity index (χ4v) is 4.28. The number of methoxy groups -OCH3 is 2. The zero-order valence-corrected chi connectivity index (χ0v) is 19.7. The van der Waals surface area contributed by atoms with Crippen LogP contribution >= 0.6 is 23.2 Å². The van der Waals surface area contributed by atoms with E-state index in [1.54, 1.807) is 20.3 Å². The number of ether oxygens (including phenoxy) is 2. The van der Waals surface area contributed by atoms with Gasteiger partial charge in [0.15, 0.2) is 0 Å². The number of hydrogen-bond acceptors (Lipinski definition) is 3. The van der Waals surface area contributed by atoms with Crippen molar-refractivity contribution >= 4 is 23.2 Å². The minimum absolute atomic E-state index is 0.528. The maximum absolute atomic E-state index is 6.49. The molecule has 1 heterocycles. The van der Waals surface area contributed by atoms with Crippen molar-refractivity contribution in [2.75, 3.05) is 14.2 Å². The molecule has 32 heavy (non-hydrogen) atoms. The van der Waals surface area contributed by atoms with E-state index in [1.165, 1.54) is 5.56 Å². The van der Waals surface area contributed by atoms with Crippen molar-refractivity contribution in [2.45, 2.75) is 19.9 Å². The fourth-order valence-electron chi connectivity index (χ4n) is 3.81. The highest BCUT2D eigenvalue weighted by atomic mass is 35.5. The second-order valence-corrected chi connectivity index (χ2v) is 8.22. The van der Waals surface area contributed by atoms with E-state index in [0.717, 1.165) is 46.0 Å². The van der Waals surface area contributed by atoms with Crippen LogP contribution in [0, 0.1) is 0 Å². The summed E-state index contributed by atoms with van der Waals surface area (Å²) in [6, 6.07) is 21.6. The molecule has 0 N–H and O–H groups in total. The predicted octanol–water partition coefficient (Wildman–Crippen LogP) is 7.15. The van der Waals surface area contributed by atoms with E-state index >= 15 is 0 Å². The third kappa shape index (κ3) is 4.47. The highest BCUT2D eigenvalue weighted by Crippen LogP contribution is 2.35. The summed E-state index contributed by atoms with van der Waals surface area (Å²) in [6.07, 6.45) is 0.830. The molecule has 4 aromatic rings. The molecule has 0 bridgehead atoms. The Morgan fingerprint density at radius 1 is 0.812 bits per heavy atom. The van der Waals surface area contributed by atoms with Crippen LogP contribution in [0.4, 0.5) is 0 Å². The largest absolute Gasteiger partial charge is 0.497 e. The molecule has 0 spiro atoms. The number of aromatic nitrogens is 2. The van der Waals surface area contributed by atoms with E-state index < -0.39 is 0 Å². The highest BCUT2D eigenvalue weighted by molar-refractivity contribution is 6.35. The highest BCUT2D eigenvalue weighted by Gasteiger charge is 2.20. The van der Waals surface area contributed by atoms with E-state index in [4.69, 9.17) is 37.8 Å². The van der Waals surface area contributed by atoms with Crippen molar-refractivity contribution in [1.29, 1.82) is 0 Å². The average molecular weight is 467 g/mol. The van der Waals surface area contributed by atoms with Crippen LogP contribution in [-0.4, -0.2) is 24.0 Å². The molecule has 0 saturated heterocycles. The summed E-state index contributed by atoms with van der Waals surface area (Å²) in [5.74, 6) is 1.63. The smallest absolute Gasteiger partial charge is 0.118 e. The lowest BCUT2D eigenvalue weighted by molar-refractivity contribution is 0.414. The molecule has 0 aliphatic rings. The Kier molecular flexibility index (Phi) is 6.73. The second-order valence-electron chi connectivity index (χ2n) is 7.38. The minimum atomic E-state index is 0.528. The first-order chi connectivity index (χ1) is 15.5. The van der Waals surface area contributed by atoms with Gasteiger partial charge in [0.2, 0.25) is 0 Å². The Hall–Kier alpha value is -2.95. The molecule has 4 rings (SSSR count). The van der Waals surface area contributed by atoms with E-state index in [0.29, 0.717) is 16.6 Å². The number of halogens is 2. The van der Waals surface area contributed by atoms with Gasteiger partial charge < -0.3 is 9.47 Å². The standard InChI is InChI=1S/C26H24Cl2N2O2/c1-4-23-25(17-6-11-21(31-2)12-7-17)29-30(16-19-5-10-20(27)15-24(19)28)26(23)18-8-13-22(32-3)14-9-18/h5-15H,4,16H2,1-3H3. The van der Waals surface area contributed by atoms with Gasteiger partial charge in [0.25, 0.3) is 0 Å². The third-order valence-electron chi connectivity index (χ3n) is 5.47. The molecule has 0 unspecified atom stereocenters. The molecule has 3 aromatic carbocycles. The van der Waals surface area contributed by atoms with Crippen molar-refractivity contribution < 1.29 is 9.47 Å². The fraction of sp³-hybridized carbons (Fsp3) is 0.192. The van der Waals surface area contributed by atoms with Gasteiger partial charge in [0.05, 0.1) is 32.2 Å². The van der Waals surface area contributed by atoms with Gasteiger partial charge in [0, 0.05) is 26.7 Å². The van der Waals surface area contributed by atoms with Gasteiger partial charge in [-0.05, 0) is 72.6 Å². The molecule has 0 aliphatic heterocycles. The number of rotatable bonds is 7. The number of benzene rings is 3. The number of nitrogens with zero attached hydrogens (tertiary/aromatic N) is 2. The second kappa shape index (κ2) is 9.68. The summed E-state index contributed by atoms with van der Waals surface area (Å²) in [5.41, 5.74) is 6.25. The molecular weight excluding hydrogens is 443 g/mol. The van der Waals surface area contributed by atoms with Crippen LogP contribution in [0.5, 0.6) is 11.5 Å². The normalized spacial score (nSPS) is 10.9. The molecule has 0 amide bonds. The molecule has 4 nitrogen and oxygen atoms in total. The van der Waals surface area contributed by atoms with Crippen molar-refractivity contribution in [3.8, 4) is 34.0 Å². The van der Waals surface area contributed by atoms with E-state index in [9.17, 15) is 0 Å². The predicted molar refractivity (Wildman–Crippen MR) is 131 cm³/mol. The van der Waals surface area contributed by atoms with Crippen LogP contribution < -0.4 is 9.47 Å². The van der Waals surface area contributed by atoms with Crippen molar-refractivity contribution in [3.63, 3.8) is 0 Å². The summed E-state index contributed by atoms with van der Waals surface area (Å²) in [7, 11) is 3.33. The monoisotopic (exact) mass is 466 g/mol. The van der Waals surface area contributed by atoms with Crippen molar-refractivity contribution in [1.82, 2.24) is 9.78 Å². The SMILES string of the molecule is CCc1c(-c2ccc(OC)cc2)nn(Cc2ccc(Cl)cc2Cl)c1-c1ccc(OC)cc1. The maximum Gasteiger partial charge on any atom is 0.118 e. The summed E-state index contributed by atoms with van der Waals surface area (Å²) < 4.78 is 12.7. The van der Waals surface area contributed by atoms with Gasteiger partial charge in [-0.2, -0.15) is 5.10 Å². The summed E-state index contributed by atoms with van der Waals surface area (Å²) >= 11 is 12.6. The Bertz CT molecular complexity index is 1220. The molecule has 6 heteroatoms. The zero-order chi connectivity index (χ0) is 22.7. The van der Waals surface area contributed by atoms with Gasteiger partial charge in [0.1, 0.15) is 11.5 Å². The third-order valence-corrected chi connectivity index (χ3v) is 6.05. The average Bonchev–Trinajstić information content (AvgIpc) is 3.19. The lowest BCUT2D eigenvalue weighted by atomic mass is 9.99. The van der Waals surface area contributed by atoms with Crippen LogP contribution in [0.3, 0.4) is 0 Å². The first-order valence-electron chi connectivity index (χ1n) is 10.4. The summed E-state index contributed by atoms with van der Waals surface area (Å²) in [4.78, 5) is 0. The molecule has 164 valence electrons. The molecule has 0 radical (unpaired) electrons. The quantitative estimate of drug-likeness (QED) is 0.290. The first-order valence-corrected chi connectivity index (χ1v) is 11.1. The van der Waals surface area contributed by atoms with E-state index in [2.05, 4.69) is 19.1 Å². The van der Waals surface area contributed by atoms with Crippen molar-refractivity contribution in [3.05, 3.63) is 87.9 Å². The minimum Gasteiger partial charge on any atom is -0.497 e. The van der Waals surface area contributed by atoms with Crippen LogP contribution in [-0.2, 0) is 13.0 Å². The van der Waals surface area contributed by atoms with Crippen LogP contribution in [0.2, 0.25) is 10.0 Å². The molecular formula is C26H24Cl2N2O2. The molecule has 0 aliphatic carbocycles.